The number of carbonyl (C=O) groups excluding carboxylic acids is 3. The molecule has 0 fully saturated rings. The molecule has 4 aromatic carbocycles. The van der Waals surface area contributed by atoms with E-state index in [2.05, 4.69) is 20.6 Å². The summed E-state index contributed by atoms with van der Waals surface area (Å²) in [5, 5.41) is 6.71. The third-order valence-electron chi connectivity index (χ3n) is 6.89. The van der Waals surface area contributed by atoms with Crippen LogP contribution in [0.15, 0.2) is 106 Å². The summed E-state index contributed by atoms with van der Waals surface area (Å²) in [6.45, 7) is 10.5. The van der Waals surface area contributed by atoms with E-state index in [1.54, 1.807) is 13.0 Å². The molecule has 0 saturated carbocycles. The van der Waals surface area contributed by atoms with Crippen LogP contribution in [-0.4, -0.2) is 28.1 Å². The maximum atomic E-state index is 12.5. The lowest BCUT2D eigenvalue weighted by Gasteiger charge is -2.15. The van der Waals surface area contributed by atoms with E-state index in [0.29, 0.717) is 22.7 Å². The van der Waals surface area contributed by atoms with Gasteiger partial charge in [-0.25, -0.2) is 9.98 Å². The molecular weight excluding hydrogens is 675 g/mol. The van der Waals surface area contributed by atoms with Gasteiger partial charge >= 0.3 is 5.97 Å². The molecule has 0 radical (unpaired) electrons. The number of fused-ring (bicyclic) bond motifs is 1. The van der Waals surface area contributed by atoms with Crippen molar-refractivity contribution in [3.05, 3.63) is 125 Å². The van der Waals surface area contributed by atoms with Gasteiger partial charge in [-0.2, -0.15) is 0 Å². The van der Waals surface area contributed by atoms with Gasteiger partial charge in [0.05, 0.1) is 33.2 Å². The Bertz CT molecular complexity index is 1930. The highest BCUT2D eigenvalue weighted by atomic mass is 35.5. The van der Waals surface area contributed by atoms with Gasteiger partial charge in [0.2, 0.25) is 17.4 Å². The summed E-state index contributed by atoms with van der Waals surface area (Å²) in [6.07, 6.45) is -0.586. The van der Waals surface area contributed by atoms with E-state index in [-0.39, 0.29) is 36.5 Å². The Kier molecular flexibility index (Phi) is 16.9. The number of ether oxygens (including phenoxy) is 1. The summed E-state index contributed by atoms with van der Waals surface area (Å²) >= 11 is 9.53. The molecule has 9 nitrogen and oxygen atoms in total. The number of nitrogens with zero attached hydrogens (tertiary/aromatic N) is 2. The number of para-hydroxylation sites is 2. The second-order valence-electron chi connectivity index (χ2n) is 11.1. The predicted octanol–water partition coefficient (Wildman–Crippen LogP) is 9.89. The van der Waals surface area contributed by atoms with Crippen LogP contribution in [0, 0.1) is 19.8 Å². The number of amides is 2. The summed E-state index contributed by atoms with van der Waals surface area (Å²) in [5.41, 5.74) is 5.57. The van der Waals surface area contributed by atoms with Crippen LogP contribution in [0.1, 0.15) is 68.6 Å². The Labute approximate surface area is 303 Å². The Morgan fingerprint density at radius 2 is 1.40 bits per heavy atom. The van der Waals surface area contributed by atoms with E-state index in [4.69, 9.17) is 32.4 Å². The van der Waals surface area contributed by atoms with Crippen molar-refractivity contribution in [2.45, 2.75) is 55.1 Å². The second-order valence-corrected chi connectivity index (χ2v) is 11.9. The molecular formula is C39H44Cl2N4O5. The molecule has 0 saturated heterocycles. The fraction of sp³-hybridized carbons (Fsp3) is 0.256. The van der Waals surface area contributed by atoms with Crippen molar-refractivity contribution in [3.63, 3.8) is 0 Å². The maximum Gasteiger partial charge on any atom is 0.303 e. The minimum atomic E-state index is -0.586. The van der Waals surface area contributed by atoms with Gasteiger partial charge in [0, 0.05) is 18.5 Å². The summed E-state index contributed by atoms with van der Waals surface area (Å²) in [7, 11) is 0. The van der Waals surface area contributed by atoms with Gasteiger partial charge in [-0.3, -0.25) is 14.4 Å². The first-order valence-electron chi connectivity index (χ1n) is 15.5. The molecule has 0 aliphatic rings. The Morgan fingerprint density at radius 1 is 0.820 bits per heavy atom. The van der Waals surface area contributed by atoms with E-state index in [0.717, 1.165) is 33.4 Å². The fourth-order valence-electron chi connectivity index (χ4n) is 4.55. The van der Waals surface area contributed by atoms with Gasteiger partial charge in [0.25, 0.3) is 5.91 Å². The van der Waals surface area contributed by atoms with E-state index >= 15 is 0 Å². The lowest BCUT2D eigenvalue weighted by atomic mass is 10.0. The van der Waals surface area contributed by atoms with Crippen LogP contribution in [0.3, 0.4) is 0 Å². The van der Waals surface area contributed by atoms with Gasteiger partial charge in [-0.05, 0) is 68.3 Å². The van der Waals surface area contributed by atoms with Crippen LogP contribution >= 0.6 is 23.2 Å². The van der Waals surface area contributed by atoms with Crippen molar-refractivity contribution in [2.75, 3.05) is 16.0 Å². The molecule has 5 rings (SSSR count). The quantitative estimate of drug-likeness (QED) is 0.128. The number of aromatic nitrogens is 1. The number of esters is 1. The highest BCUT2D eigenvalue weighted by Gasteiger charge is 2.18. The average Bonchev–Trinajstić information content (AvgIpc) is 3.06. The number of rotatable bonds is 7. The smallest absolute Gasteiger partial charge is 0.303 e. The molecule has 0 spiro atoms. The largest absolute Gasteiger partial charge is 0.453 e. The van der Waals surface area contributed by atoms with Gasteiger partial charge in [-0.1, -0.05) is 81.9 Å². The minimum Gasteiger partial charge on any atom is -0.453 e. The molecule has 1 heterocycles. The normalized spacial score (nSPS) is 11.2. The van der Waals surface area contributed by atoms with E-state index < -0.39 is 6.10 Å². The first-order chi connectivity index (χ1) is 23.4. The van der Waals surface area contributed by atoms with Crippen molar-refractivity contribution >= 4 is 69.0 Å². The molecule has 2 N–H and O–H groups in total. The van der Waals surface area contributed by atoms with Crippen LogP contribution < -0.4 is 16.2 Å². The first-order valence-corrected chi connectivity index (χ1v) is 16.6. The molecule has 0 aliphatic carbocycles. The van der Waals surface area contributed by atoms with Crippen LogP contribution in [-0.2, 0) is 14.3 Å². The number of benzene rings is 4. The van der Waals surface area contributed by atoms with Gasteiger partial charge in [-0.15, -0.1) is 23.2 Å². The van der Waals surface area contributed by atoms with Crippen molar-refractivity contribution < 1.29 is 23.5 Å². The zero-order valence-corrected chi connectivity index (χ0v) is 29.8. The van der Waals surface area contributed by atoms with Gasteiger partial charge < -0.3 is 19.8 Å². The molecule has 2 amide bonds. The molecule has 0 unspecified atom stereocenters. The highest BCUT2D eigenvalue weighted by Crippen LogP contribution is 2.23. The minimum absolute atomic E-state index is 0. The monoisotopic (exact) mass is 718 g/mol. The molecule has 0 aliphatic heterocycles. The number of aryl methyl sites for hydroxylation is 2. The Morgan fingerprint density at radius 3 is 2.00 bits per heavy atom. The predicted molar refractivity (Wildman–Crippen MR) is 203 cm³/mol. The number of carbonyl (C=O) groups is 3. The summed E-state index contributed by atoms with van der Waals surface area (Å²) in [4.78, 5) is 44.8. The molecule has 0 bridgehead atoms. The lowest BCUT2D eigenvalue weighted by molar-refractivity contribution is -0.147. The fourth-order valence-corrected chi connectivity index (χ4v) is 4.55. The van der Waals surface area contributed by atoms with Crippen LogP contribution in [0.2, 0.25) is 0 Å². The molecule has 264 valence electrons. The number of alkyl halides is 2. The summed E-state index contributed by atoms with van der Waals surface area (Å²) in [6, 6.07) is 30.0. The average molecular weight is 720 g/mol. The van der Waals surface area contributed by atoms with Crippen molar-refractivity contribution in [3.8, 4) is 0 Å². The molecule has 5 aromatic rings. The van der Waals surface area contributed by atoms with Gasteiger partial charge in [0.1, 0.15) is 0 Å². The zero-order chi connectivity index (χ0) is 35.9. The summed E-state index contributed by atoms with van der Waals surface area (Å²) < 4.78 is 11.1. The molecule has 50 heavy (non-hydrogen) atoms. The van der Waals surface area contributed by atoms with Crippen LogP contribution in [0.5, 0.6) is 0 Å². The maximum absolute atomic E-state index is 12.5. The lowest BCUT2D eigenvalue weighted by Crippen LogP contribution is -2.22. The Hall–Kier alpha value is -4.99. The van der Waals surface area contributed by atoms with E-state index in [1.165, 1.54) is 6.92 Å². The van der Waals surface area contributed by atoms with Crippen molar-refractivity contribution in [2.24, 2.45) is 10.9 Å². The number of anilines is 2. The summed E-state index contributed by atoms with van der Waals surface area (Å²) in [5.74, 6) is -0.559. The van der Waals surface area contributed by atoms with E-state index in [9.17, 15) is 14.4 Å². The van der Waals surface area contributed by atoms with Crippen molar-refractivity contribution in [1.82, 2.24) is 4.98 Å². The number of nitrogens with one attached hydrogen (secondary N) is 2. The third-order valence-corrected chi connectivity index (χ3v) is 6.89. The standard InChI is InChI=1S/C19H18N2O3.C18H20N2O2.CH2Cl2.CH4/c1-12-8-7-11-16-17(12)19(20-15-9-5-4-6-10-15)24-18(21-16)13(2)23-14(3)22;1-12(2)17(21)20-15-11-7-8-13(3)16(15)18(22)19-14-9-5-4-6-10-14;2-1-3;/h4-11,13H,1-3H3;4-12H,1-3H3,(H,19,22)(H,20,21);1H2;1H4/t13-;;;/m0.../s1. The molecule has 1 aromatic heterocycles. The molecule has 11 heteroatoms. The van der Waals surface area contributed by atoms with Crippen LogP contribution in [0.4, 0.5) is 17.1 Å². The topological polar surface area (TPSA) is 123 Å². The number of hydrogen-bond acceptors (Lipinski definition) is 7. The zero-order valence-electron chi connectivity index (χ0n) is 28.3. The van der Waals surface area contributed by atoms with E-state index in [1.807, 2.05) is 119 Å². The SMILES string of the molecule is C.CC(=O)O[C@@H](C)c1nc2cccc(C)c2c(=Nc2ccccc2)o1.Cc1cccc(NC(=O)C(C)C)c1C(=O)Nc1ccccc1.ClCCl. The second kappa shape index (κ2) is 20.5. The van der Waals surface area contributed by atoms with Crippen molar-refractivity contribution in [1.29, 1.82) is 0 Å². The Balaban J connectivity index is 0.000000317. The number of halogens is 2. The highest BCUT2D eigenvalue weighted by molar-refractivity contribution is 6.40. The van der Waals surface area contributed by atoms with Gasteiger partial charge in [0.15, 0.2) is 6.10 Å². The third kappa shape index (κ3) is 12.2. The molecule has 1 atom stereocenters. The number of hydrogen-bond donors (Lipinski definition) is 2. The first kappa shape index (κ1) is 41.2. The van der Waals surface area contributed by atoms with Crippen LogP contribution in [0.25, 0.3) is 10.9 Å².